The fourth-order valence-electron chi connectivity index (χ4n) is 4.10. The number of benzene rings is 3. The maximum atomic E-state index is 12.2. The smallest absolute Gasteiger partial charge is 0.319 e. The number of urea groups is 1. The second kappa shape index (κ2) is 11.6. The average Bonchev–Trinajstić information content (AvgIpc) is 2.87. The third kappa shape index (κ3) is 7.31. The average molecular weight is 490 g/mol. The van der Waals surface area contributed by atoms with Crippen molar-refractivity contribution >= 4 is 11.7 Å². The molecule has 0 bridgehead atoms. The van der Waals surface area contributed by atoms with E-state index in [-0.39, 0.29) is 12.1 Å². The van der Waals surface area contributed by atoms with Crippen LogP contribution in [0.15, 0.2) is 72.8 Å². The number of anilines is 1. The Labute approximate surface area is 212 Å². The molecule has 0 saturated carbocycles. The molecule has 2 amide bonds. The van der Waals surface area contributed by atoms with Crippen LogP contribution in [-0.4, -0.2) is 29.5 Å². The number of carbonyl (C=O) groups excluding carboxylic acids is 1. The maximum absolute atomic E-state index is 12.2. The maximum Gasteiger partial charge on any atom is 0.319 e. The molecule has 0 unspecified atom stereocenters. The van der Waals surface area contributed by atoms with Crippen molar-refractivity contribution in [1.82, 2.24) is 10.6 Å². The Kier molecular flexibility index (Phi) is 8.25. The molecular weight excluding hydrogens is 454 g/mol. The van der Waals surface area contributed by atoms with E-state index < -0.39 is 11.9 Å². The van der Waals surface area contributed by atoms with Gasteiger partial charge in [0, 0.05) is 44.2 Å². The van der Waals surface area contributed by atoms with Gasteiger partial charge in [-0.15, -0.1) is 0 Å². The van der Waals surface area contributed by atoms with Gasteiger partial charge in [-0.1, -0.05) is 48.5 Å². The summed E-state index contributed by atoms with van der Waals surface area (Å²) in [5, 5.41) is 19.8. The molecule has 0 aliphatic carbocycles. The molecule has 4 rings (SSSR count). The molecule has 0 fully saturated rings. The number of aliphatic hydroxyl groups is 1. The van der Waals surface area contributed by atoms with Crippen molar-refractivity contribution in [2.75, 3.05) is 11.9 Å². The van der Waals surface area contributed by atoms with Crippen LogP contribution in [0, 0.1) is 0 Å². The van der Waals surface area contributed by atoms with Gasteiger partial charge in [0.25, 0.3) is 0 Å². The molecule has 3 aromatic carbocycles. The summed E-state index contributed by atoms with van der Waals surface area (Å²) < 4.78 is 11.5. The van der Waals surface area contributed by atoms with E-state index in [4.69, 9.17) is 9.47 Å². The van der Waals surface area contributed by atoms with Gasteiger partial charge >= 0.3 is 6.03 Å². The minimum absolute atomic E-state index is 0.165. The van der Waals surface area contributed by atoms with Crippen LogP contribution in [0.5, 0.6) is 5.75 Å². The van der Waals surface area contributed by atoms with E-state index in [1.807, 2.05) is 86.6 Å². The summed E-state index contributed by atoms with van der Waals surface area (Å²) in [6.07, 6.45) is 0.169. The van der Waals surface area contributed by atoms with Gasteiger partial charge in [-0.2, -0.15) is 0 Å². The number of hydrogen-bond acceptors (Lipinski definition) is 5. The molecule has 1 aliphatic rings. The van der Waals surface area contributed by atoms with Crippen molar-refractivity contribution in [2.45, 2.75) is 58.3 Å². The first-order valence-corrected chi connectivity index (χ1v) is 12.3. The number of nitrogens with one attached hydrogen (secondary N) is 3. The van der Waals surface area contributed by atoms with E-state index in [0.29, 0.717) is 19.7 Å². The summed E-state index contributed by atoms with van der Waals surface area (Å²) >= 11 is 0. The number of fused-ring (bicyclic) bond motifs is 1. The van der Waals surface area contributed by atoms with Crippen molar-refractivity contribution in [3.8, 4) is 5.75 Å². The topological polar surface area (TPSA) is 91.9 Å². The molecule has 2 atom stereocenters. The van der Waals surface area contributed by atoms with Gasteiger partial charge in [-0.3, -0.25) is 0 Å². The zero-order valence-corrected chi connectivity index (χ0v) is 21.1. The zero-order chi connectivity index (χ0) is 25.5. The number of rotatable bonds is 9. The summed E-state index contributed by atoms with van der Waals surface area (Å²) in [4.78, 5) is 12.2. The highest BCUT2D eigenvalue weighted by Crippen LogP contribution is 2.32. The predicted octanol–water partition coefficient (Wildman–Crippen LogP) is 4.91. The van der Waals surface area contributed by atoms with Crippen LogP contribution in [-0.2, 0) is 24.3 Å². The molecule has 3 aromatic rings. The Morgan fingerprint density at radius 1 is 1.03 bits per heavy atom. The van der Waals surface area contributed by atoms with Crippen LogP contribution < -0.4 is 20.7 Å². The number of carbonyl (C=O) groups is 1. The van der Waals surface area contributed by atoms with Gasteiger partial charge < -0.3 is 30.5 Å². The largest absolute Gasteiger partial charge is 0.463 e. The van der Waals surface area contributed by atoms with E-state index in [0.717, 1.165) is 40.1 Å². The molecule has 0 aromatic heterocycles. The van der Waals surface area contributed by atoms with Crippen LogP contribution in [0.1, 0.15) is 49.1 Å². The minimum Gasteiger partial charge on any atom is -0.463 e. The summed E-state index contributed by atoms with van der Waals surface area (Å²) in [7, 11) is 0. The lowest BCUT2D eigenvalue weighted by Gasteiger charge is -2.33. The highest BCUT2D eigenvalue weighted by Gasteiger charge is 2.27. The molecule has 190 valence electrons. The van der Waals surface area contributed by atoms with Gasteiger partial charge in [-0.25, -0.2) is 4.79 Å². The summed E-state index contributed by atoms with van der Waals surface area (Å²) in [5.41, 5.74) is 4.71. The molecule has 4 N–H and O–H groups in total. The second-order valence-corrected chi connectivity index (χ2v) is 9.68. The summed E-state index contributed by atoms with van der Waals surface area (Å²) in [6.45, 7) is 7.24. The molecule has 7 heteroatoms. The predicted molar refractivity (Wildman–Crippen MR) is 141 cm³/mol. The van der Waals surface area contributed by atoms with E-state index >= 15 is 0 Å². The molecule has 7 nitrogen and oxygen atoms in total. The Bertz CT molecular complexity index is 1150. The second-order valence-electron chi connectivity index (χ2n) is 9.68. The number of ether oxygens (including phenoxy) is 2. The molecular formula is C29H35N3O4. The fourth-order valence-corrected chi connectivity index (χ4v) is 4.10. The Balaban J connectivity index is 1.21. The van der Waals surface area contributed by atoms with Gasteiger partial charge in [0.1, 0.15) is 5.75 Å². The van der Waals surface area contributed by atoms with Crippen LogP contribution in [0.2, 0.25) is 0 Å². The van der Waals surface area contributed by atoms with E-state index in [1.165, 1.54) is 0 Å². The van der Waals surface area contributed by atoms with Crippen molar-refractivity contribution in [3.63, 3.8) is 0 Å². The lowest BCUT2D eigenvalue weighted by molar-refractivity contribution is -0.180. The minimum atomic E-state index is -0.632. The van der Waals surface area contributed by atoms with Crippen molar-refractivity contribution in [1.29, 1.82) is 0 Å². The van der Waals surface area contributed by atoms with Crippen molar-refractivity contribution in [3.05, 3.63) is 95.1 Å². The Morgan fingerprint density at radius 3 is 2.53 bits per heavy atom. The van der Waals surface area contributed by atoms with Gasteiger partial charge in [0.05, 0.1) is 12.7 Å². The SMILES string of the molecule is C[C@@H](Cc1ccc(NC(=O)NCc2ccccc2)cc1)NC[C@@H](O)c1ccc2c(c1)COC(C)(C)O2. The first-order chi connectivity index (χ1) is 17.3. The molecule has 1 heterocycles. The van der Waals surface area contributed by atoms with Crippen LogP contribution >= 0.6 is 0 Å². The highest BCUT2D eigenvalue weighted by molar-refractivity contribution is 5.89. The highest BCUT2D eigenvalue weighted by atomic mass is 16.7. The van der Waals surface area contributed by atoms with Crippen molar-refractivity contribution < 1.29 is 19.4 Å². The molecule has 36 heavy (non-hydrogen) atoms. The molecule has 0 spiro atoms. The lowest BCUT2D eigenvalue weighted by Crippen LogP contribution is -2.35. The van der Waals surface area contributed by atoms with E-state index in [1.54, 1.807) is 0 Å². The summed E-state index contributed by atoms with van der Waals surface area (Å²) in [6, 6.07) is 23.3. The van der Waals surface area contributed by atoms with Gasteiger partial charge in [-0.05, 0) is 54.3 Å². The van der Waals surface area contributed by atoms with Gasteiger partial charge in [0.2, 0.25) is 5.79 Å². The summed E-state index contributed by atoms with van der Waals surface area (Å²) in [5.74, 6) is 0.169. The quantitative estimate of drug-likeness (QED) is 0.343. The Morgan fingerprint density at radius 2 is 1.78 bits per heavy atom. The third-order valence-corrected chi connectivity index (χ3v) is 6.11. The van der Waals surface area contributed by atoms with Gasteiger partial charge in [0.15, 0.2) is 0 Å². The number of hydrogen-bond donors (Lipinski definition) is 4. The standard InChI is InChI=1S/C29H35N3O4/c1-20(30-18-26(33)23-11-14-27-24(16-23)19-35-29(2,3)36-27)15-21-9-12-25(13-10-21)32-28(34)31-17-22-7-5-4-6-8-22/h4-14,16,20,26,30,33H,15,17-19H2,1-3H3,(H2,31,32,34)/t20-,26+/m0/s1. The molecule has 0 saturated heterocycles. The Hall–Kier alpha value is -3.39. The van der Waals surface area contributed by atoms with E-state index in [9.17, 15) is 9.90 Å². The third-order valence-electron chi connectivity index (χ3n) is 6.11. The fraction of sp³-hybridized carbons (Fsp3) is 0.345. The van der Waals surface area contributed by atoms with E-state index in [2.05, 4.69) is 22.9 Å². The first-order valence-electron chi connectivity index (χ1n) is 12.3. The van der Waals surface area contributed by atoms with Crippen LogP contribution in [0.4, 0.5) is 10.5 Å². The first kappa shape index (κ1) is 25.7. The monoisotopic (exact) mass is 489 g/mol. The normalized spacial score (nSPS) is 15.8. The van der Waals surface area contributed by atoms with Crippen molar-refractivity contribution in [2.24, 2.45) is 0 Å². The van der Waals surface area contributed by atoms with Crippen LogP contribution in [0.3, 0.4) is 0 Å². The molecule has 1 aliphatic heterocycles. The number of amides is 2. The lowest BCUT2D eigenvalue weighted by atomic mass is 10.0. The van der Waals surface area contributed by atoms with Crippen LogP contribution in [0.25, 0.3) is 0 Å². The molecule has 0 radical (unpaired) electrons. The zero-order valence-electron chi connectivity index (χ0n) is 21.1. The number of aliphatic hydroxyl groups excluding tert-OH is 1.